The summed E-state index contributed by atoms with van der Waals surface area (Å²) in [6.45, 7) is 6.31. The molecule has 190 valence electrons. The average Bonchev–Trinajstić information content (AvgIpc) is 3.44. The number of carbonyl (C=O) groups is 1. The van der Waals surface area contributed by atoms with Crippen molar-refractivity contribution in [2.75, 3.05) is 18.4 Å². The second-order valence-electron chi connectivity index (χ2n) is 9.72. The van der Waals surface area contributed by atoms with Gasteiger partial charge in [-0.25, -0.2) is 14.8 Å². The van der Waals surface area contributed by atoms with E-state index in [1.54, 1.807) is 7.05 Å². The molecule has 0 radical (unpaired) electrons. The minimum Gasteiger partial charge on any atom is -0.444 e. The zero-order valence-electron chi connectivity index (χ0n) is 21.2. The van der Waals surface area contributed by atoms with Gasteiger partial charge in [-0.15, -0.1) is 10.2 Å². The van der Waals surface area contributed by atoms with Gasteiger partial charge in [0, 0.05) is 36.0 Å². The Bertz CT molecular complexity index is 1550. The van der Waals surface area contributed by atoms with E-state index in [0.29, 0.717) is 37.0 Å². The first-order chi connectivity index (χ1) is 17.7. The molecule has 3 aromatic heterocycles. The normalized spacial score (nSPS) is 11.7. The summed E-state index contributed by atoms with van der Waals surface area (Å²) in [5.74, 6) is 1.90. The lowest BCUT2D eigenvalue weighted by molar-refractivity contribution is 0.0530. The number of carbonyl (C=O) groups excluding carboxylic acids is 1. The number of hydrogen-bond donors (Lipinski definition) is 3. The van der Waals surface area contributed by atoms with Crippen molar-refractivity contribution < 1.29 is 9.53 Å². The van der Waals surface area contributed by atoms with Crippen LogP contribution >= 0.6 is 0 Å². The quantitative estimate of drug-likeness (QED) is 0.288. The van der Waals surface area contributed by atoms with Crippen LogP contribution in [0.2, 0.25) is 0 Å². The molecule has 0 saturated heterocycles. The van der Waals surface area contributed by atoms with Gasteiger partial charge in [-0.1, -0.05) is 30.3 Å². The first kappa shape index (κ1) is 24.2. The fraction of sp³-hybridized carbons (Fsp3) is 0.308. The number of fused-ring (bicyclic) bond motifs is 3. The van der Waals surface area contributed by atoms with E-state index in [2.05, 4.69) is 43.2 Å². The fourth-order valence-electron chi connectivity index (χ4n) is 4.02. The van der Waals surface area contributed by atoms with Crippen LogP contribution < -0.4 is 10.6 Å². The van der Waals surface area contributed by atoms with Crippen LogP contribution in [0.15, 0.2) is 48.5 Å². The molecule has 11 heteroatoms. The van der Waals surface area contributed by atoms with Gasteiger partial charge in [0.15, 0.2) is 0 Å². The Labute approximate surface area is 213 Å². The number of ether oxygens (including phenoxy) is 1. The first-order valence-corrected chi connectivity index (χ1v) is 12.1. The molecule has 0 saturated carbocycles. The Morgan fingerprint density at radius 2 is 1.89 bits per heavy atom. The predicted octanol–water partition coefficient (Wildman–Crippen LogP) is 3.83. The maximum Gasteiger partial charge on any atom is 0.407 e. The van der Waals surface area contributed by atoms with Gasteiger partial charge < -0.3 is 20.4 Å². The molecular formula is C26H29N9O2. The molecule has 3 N–H and O–H groups in total. The molecule has 0 bridgehead atoms. The van der Waals surface area contributed by atoms with E-state index < -0.39 is 11.7 Å². The van der Waals surface area contributed by atoms with E-state index in [1.807, 2.05) is 57.2 Å². The average molecular weight is 500 g/mol. The Balaban J connectivity index is 1.48. The minimum atomic E-state index is -0.553. The number of hydrogen-bond acceptors (Lipinski definition) is 8. The number of benzene rings is 2. The largest absolute Gasteiger partial charge is 0.444 e. The monoisotopic (exact) mass is 499 g/mol. The van der Waals surface area contributed by atoms with Crippen LogP contribution in [0.25, 0.3) is 33.3 Å². The predicted molar refractivity (Wildman–Crippen MR) is 141 cm³/mol. The molecule has 2 aromatic carbocycles. The number of rotatable bonds is 7. The Kier molecular flexibility index (Phi) is 6.43. The lowest BCUT2D eigenvalue weighted by Crippen LogP contribution is -2.35. The molecular weight excluding hydrogens is 470 g/mol. The van der Waals surface area contributed by atoms with Crippen molar-refractivity contribution in [3.8, 4) is 11.4 Å². The van der Waals surface area contributed by atoms with E-state index in [-0.39, 0.29) is 0 Å². The number of anilines is 1. The minimum absolute atomic E-state index is 0.367. The maximum atomic E-state index is 12.0. The van der Waals surface area contributed by atoms with E-state index >= 15 is 0 Å². The molecule has 0 aliphatic rings. The first-order valence-electron chi connectivity index (χ1n) is 12.1. The highest BCUT2D eigenvalue weighted by molar-refractivity contribution is 6.12. The summed E-state index contributed by atoms with van der Waals surface area (Å²) in [5.41, 5.74) is 3.05. The third-order valence-electron chi connectivity index (χ3n) is 5.55. The molecule has 0 spiro atoms. The second kappa shape index (κ2) is 9.84. The van der Waals surface area contributed by atoms with Crippen molar-refractivity contribution in [2.45, 2.75) is 32.8 Å². The standard InChI is InChI=1S/C26H29N9O2/c1-26(2,3)37-25(36)28-13-12-27-23-21-18-15-17(22-32-34-35(4)33-22)10-11-19(18)29-24(21)31-20(30-23)14-16-8-6-5-7-9-16/h5-11,15H,12-14H2,1-4H3,(H,28,36)(H2,27,29,30,31). The molecule has 5 aromatic rings. The molecule has 5 rings (SSSR count). The van der Waals surface area contributed by atoms with Gasteiger partial charge in [0.05, 0.1) is 12.4 Å². The van der Waals surface area contributed by atoms with Gasteiger partial charge in [-0.3, -0.25) is 0 Å². The SMILES string of the molecule is Cn1nnc(-c2ccc3[nH]c4nc(Cc5ccccc5)nc(NCCNC(=O)OC(C)(C)C)c4c3c2)n1. The van der Waals surface area contributed by atoms with Gasteiger partial charge in [-0.05, 0) is 49.7 Å². The lowest BCUT2D eigenvalue weighted by atomic mass is 10.1. The highest BCUT2D eigenvalue weighted by Gasteiger charge is 2.17. The Morgan fingerprint density at radius 1 is 1.08 bits per heavy atom. The third-order valence-corrected chi connectivity index (χ3v) is 5.55. The smallest absolute Gasteiger partial charge is 0.407 e. The number of aromatic nitrogens is 7. The van der Waals surface area contributed by atoms with Crippen LogP contribution in [-0.4, -0.2) is 59.9 Å². The molecule has 0 unspecified atom stereocenters. The van der Waals surface area contributed by atoms with Crippen LogP contribution in [0.4, 0.5) is 10.6 Å². The highest BCUT2D eigenvalue weighted by Crippen LogP contribution is 2.32. The summed E-state index contributed by atoms with van der Waals surface area (Å²) < 4.78 is 5.32. The third kappa shape index (κ3) is 5.66. The summed E-state index contributed by atoms with van der Waals surface area (Å²) in [6.07, 6.45) is 0.131. The van der Waals surface area contributed by atoms with Crippen LogP contribution in [0.1, 0.15) is 32.2 Å². The Morgan fingerprint density at radius 3 is 2.62 bits per heavy atom. The molecule has 3 heterocycles. The van der Waals surface area contributed by atoms with Gasteiger partial charge in [0.2, 0.25) is 5.82 Å². The fourth-order valence-corrected chi connectivity index (χ4v) is 4.02. The molecule has 0 atom stereocenters. The lowest BCUT2D eigenvalue weighted by Gasteiger charge is -2.19. The van der Waals surface area contributed by atoms with Gasteiger partial charge in [-0.2, -0.15) is 4.80 Å². The molecule has 0 aliphatic heterocycles. The summed E-state index contributed by atoms with van der Waals surface area (Å²) in [5, 5.41) is 20.4. The summed E-state index contributed by atoms with van der Waals surface area (Å²) >= 11 is 0. The van der Waals surface area contributed by atoms with E-state index in [0.717, 1.165) is 33.1 Å². The number of aromatic amines is 1. The number of H-pyrrole nitrogens is 1. The molecule has 37 heavy (non-hydrogen) atoms. The number of tetrazole rings is 1. The zero-order valence-corrected chi connectivity index (χ0v) is 21.2. The molecule has 0 fully saturated rings. The summed E-state index contributed by atoms with van der Waals surface area (Å²) in [6, 6.07) is 16.0. The second-order valence-corrected chi connectivity index (χ2v) is 9.72. The van der Waals surface area contributed by atoms with Crippen LogP contribution in [0, 0.1) is 0 Å². The highest BCUT2D eigenvalue weighted by atomic mass is 16.6. The van der Waals surface area contributed by atoms with Crippen molar-refractivity contribution in [3.63, 3.8) is 0 Å². The van der Waals surface area contributed by atoms with Crippen LogP contribution in [-0.2, 0) is 18.2 Å². The van der Waals surface area contributed by atoms with Gasteiger partial charge in [0.1, 0.15) is 22.9 Å². The van der Waals surface area contributed by atoms with E-state index in [9.17, 15) is 4.79 Å². The molecule has 11 nitrogen and oxygen atoms in total. The molecule has 0 aliphatic carbocycles. The van der Waals surface area contributed by atoms with Crippen molar-refractivity contribution >= 4 is 33.8 Å². The molecule has 1 amide bonds. The zero-order chi connectivity index (χ0) is 26.0. The summed E-state index contributed by atoms with van der Waals surface area (Å²) in [4.78, 5) is 26.6. The number of nitrogens with zero attached hydrogens (tertiary/aromatic N) is 6. The number of amides is 1. The number of nitrogens with one attached hydrogen (secondary N) is 3. The topological polar surface area (TPSA) is 136 Å². The van der Waals surface area contributed by atoms with Crippen LogP contribution in [0.3, 0.4) is 0 Å². The number of alkyl carbamates (subject to hydrolysis) is 1. The van der Waals surface area contributed by atoms with Crippen molar-refractivity contribution in [1.82, 2.24) is 40.5 Å². The van der Waals surface area contributed by atoms with Crippen molar-refractivity contribution in [2.24, 2.45) is 7.05 Å². The van der Waals surface area contributed by atoms with Gasteiger partial charge in [0.25, 0.3) is 0 Å². The Hall–Kier alpha value is -4.54. The van der Waals surface area contributed by atoms with Gasteiger partial charge >= 0.3 is 6.09 Å². The summed E-state index contributed by atoms with van der Waals surface area (Å²) in [7, 11) is 1.73. The van der Waals surface area contributed by atoms with E-state index in [4.69, 9.17) is 14.7 Å². The van der Waals surface area contributed by atoms with E-state index in [1.165, 1.54) is 4.80 Å². The number of aryl methyl sites for hydroxylation is 1. The maximum absolute atomic E-state index is 12.0. The van der Waals surface area contributed by atoms with Crippen molar-refractivity contribution in [3.05, 3.63) is 59.9 Å². The van der Waals surface area contributed by atoms with Crippen molar-refractivity contribution in [1.29, 1.82) is 0 Å². The van der Waals surface area contributed by atoms with Crippen LogP contribution in [0.5, 0.6) is 0 Å².